The Balaban J connectivity index is 2.25. The Bertz CT molecular complexity index is 311. The third-order valence-corrected chi connectivity index (χ3v) is 3.37. The smallest absolute Gasteiger partial charge is 0.0346 e. The van der Waals surface area contributed by atoms with E-state index >= 15 is 0 Å². The molecular formula is C13H19N. The van der Waals surface area contributed by atoms with Crippen molar-refractivity contribution in [3.05, 3.63) is 29.3 Å². The molecule has 2 N–H and O–H groups in total. The molecule has 0 bridgehead atoms. The van der Waals surface area contributed by atoms with Crippen molar-refractivity contribution in [3.63, 3.8) is 0 Å². The van der Waals surface area contributed by atoms with Gasteiger partial charge in [-0.05, 0) is 42.4 Å². The first-order valence-corrected chi connectivity index (χ1v) is 5.69. The summed E-state index contributed by atoms with van der Waals surface area (Å²) in [5.74, 6) is 0.806. The zero-order chi connectivity index (χ0) is 9.97. The summed E-state index contributed by atoms with van der Waals surface area (Å²) < 4.78 is 0. The molecule has 76 valence electrons. The van der Waals surface area contributed by atoms with E-state index in [2.05, 4.69) is 25.1 Å². The van der Waals surface area contributed by atoms with Crippen molar-refractivity contribution in [1.82, 2.24) is 0 Å². The minimum Gasteiger partial charge on any atom is -0.399 e. The molecule has 0 aromatic heterocycles. The average Bonchev–Trinajstić information content (AvgIpc) is 2.71. The van der Waals surface area contributed by atoms with E-state index in [0.717, 1.165) is 18.0 Å². The van der Waals surface area contributed by atoms with Crippen LogP contribution in [0.1, 0.15) is 49.7 Å². The van der Waals surface area contributed by atoms with Crippen molar-refractivity contribution in [1.29, 1.82) is 0 Å². The molecule has 0 unspecified atom stereocenters. The molecule has 1 aliphatic carbocycles. The SMILES string of the molecule is CCc1cc(C2CCCC2)ccc1N. The van der Waals surface area contributed by atoms with Gasteiger partial charge in [-0.15, -0.1) is 0 Å². The van der Waals surface area contributed by atoms with E-state index in [9.17, 15) is 0 Å². The minimum atomic E-state index is 0.806. The van der Waals surface area contributed by atoms with Gasteiger partial charge in [0.05, 0.1) is 0 Å². The van der Waals surface area contributed by atoms with Crippen molar-refractivity contribution < 1.29 is 0 Å². The molecule has 1 aromatic carbocycles. The van der Waals surface area contributed by atoms with E-state index in [1.807, 2.05) is 0 Å². The van der Waals surface area contributed by atoms with Crippen molar-refractivity contribution in [2.45, 2.75) is 44.9 Å². The average molecular weight is 189 g/mol. The second-order valence-electron chi connectivity index (χ2n) is 4.29. The monoisotopic (exact) mass is 189 g/mol. The molecule has 2 rings (SSSR count). The number of benzene rings is 1. The highest BCUT2D eigenvalue weighted by Gasteiger charge is 2.17. The highest BCUT2D eigenvalue weighted by Crippen LogP contribution is 2.35. The van der Waals surface area contributed by atoms with Gasteiger partial charge in [-0.3, -0.25) is 0 Å². The molecule has 0 atom stereocenters. The van der Waals surface area contributed by atoms with Crippen LogP contribution in [-0.2, 0) is 6.42 Å². The van der Waals surface area contributed by atoms with Crippen LogP contribution in [0.2, 0.25) is 0 Å². The predicted octanol–water partition coefficient (Wildman–Crippen LogP) is 3.49. The molecular weight excluding hydrogens is 170 g/mol. The van der Waals surface area contributed by atoms with Crippen LogP contribution in [0.5, 0.6) is 0 Å². The molecule has 0 saturated heterocycles. The highest BCUT2D eigenvalue weighted by molar-refractivity contribution is 5.49. The lowest BCUT2D eigenvalue weighted by Crippen LogP contribution is -1.97. The van der Waals surface area contributed by atoms with E-state index in [-0.39, 0.29) is 0 Å². The summed E-state index contributed by atoms with van der Waals surface area (Å²) in [5.41, 5.74) is 9.67. The Labute approximate surface area is 86.3 Å². The Morgan fingerprint density at radius 3 is 2.64 bits per heavy atom. The lowest BCUT2D eigenvalue weighted by Gasteiger charge is -2.12. The Morgan fingerprint density at radius 1 is 1.29 bits per heavy atom. The summed E-state index contributed by atoms with van der Waals surface area (Å²) in [5, 5.41) is 0. The molecule has 0 amide bonds. The second kappa shape index (κ2) is 4.04. The van der Waals surface area contributed by atoms with Crippen molar-refractivity contribution in [2.24, 2.45) is 0 Å². The molecule has 0 spiro atoms. The number of nitrogens with two attached hydrogens (primary N) is 1. The van der Waals surface area contributed by atoms with E-state index in [1.165, 1.54) is 36.8 Å². The zero-order valence-electron chi connectivity index (χ0n) is 8.92. The summed E-state index contributed by atoms with van der Waals surface area (Å²) in [4.78, 5) is 0. The maximum atomic E-state index is 5.90. The molecule has 1 nitrogen and oxygen atoms in total. The van der Waals surface area contributed by atoms with Crippen LogP contribution in [-0.4, -0.2) is 0 Å². The van der Waals surface area contributed by atoms with Crippen LogP contribution < -0.4 is 5.73 Å². The standard InChI is InChI=1S/C13H19N/c1-2-10-9-12(7-8-13(10)14)11-5-3-4-6-11/h7-9,11H,2-6,14H2,1H3. The molecule has 0 heterocycles. The molecule has 14 heavy (non-hydrogen) atoms. The highest BCUT2D eigenvalue weighted by atomic mass is 14.6. The maximum Gasteiger partial charge on any atom is 0.0346 e. The van der Waals surface area contributed by atoms with Gasteiger partial charge in [0.15, 0.2) is 0 Å². The number of rotatable bonds is 2. The van der Waals surface area contributed by atoms with E-state index in [0.29, 0.717) is 0 Å². The third kappa shape index (κ3) is 1.77. The molecule has 1 aromatic rings. The summed E-state index contributed by atoms with van der Waals surface area (Å²) >= 11 is 0. The van der Waals surface area contributed by atoms with Crippen LogP contribution in [0.15, 0.2) is 18.2 Å². The second-order valence-corrected chi connectivity index (χ2v) is 4.29. The Hall–Kier alpha value is -0.980. The fourth-order valence-corrected chi connectivity index (χ4v) is 2.44. The predicted molar refractivity (Wildman–Crippen MR) is 61.4 cm³/mol. The van der Waals surface area contributed by atoms with Gasteiger partial charge in [0.2, 0.25) is 0 Å². The summed E-state index contributed by atoms with van der Waals surface area (Å²) in [6, 6.07) is 6.60. The van der Waals surface area contributed by atoms with Gasteiger partial charge in [-0.25, -0.2) is 0 Å². The van der Waals surface area contributed by atoms with Crippen LogP contribution in [0.4, 0.5) is 5.69 Å². The van der Waals surface area contributed by atoms with Gasteiger partial charge in [0.25, 0.3) is 0 Å². The number of aryl methyl sites for hydroxylation is 1. The molecule has 0 radical (unpaired) electrons. The first-order chi connectivity index (χ1) is 6.81. The number of nitrogen functional groups attached to an aromatic ring is 1. The number of hydrogen-bond donors (Lipinski definition) is 1. The van der Waals surface area contributed by atoms with Crippen LogP contribution >= 0.6 is 0 Å². The van der Waals surface area contributed by atoms with E-state index < -0.39 is 0 Å². The lowest BCUT2D eigenvalue weighted by molar-refractivity contribution is 0.722. The van der Waals surface area contributed by atoms with Gasteiger partial charge in [-0.1, -0.05) is 31.9 Å². The van der Waals surface area contributed by atoms with E-state index in [4.69, 9.17) is 5.73 Å². The Kier molecular flexibility index (Phi) is 2.76. The van der Waals surface area contributed by atoms with Gasteiger partial charge in [-0.2, -0.15) is 0 Å². The number of anilines is 1. The largest absolute Gasteiger partial charge is 0.399 e. The first kappa shape index (κ1) is 9.57. The van der Waals surface area contributed by atoms with Crippen molar-refractivity contribution in [3.8, 4) is 0 Å². The molecule has 0 aliphatic heterocycles. The zero-order valence-corrected chi connectivity index (χ0v) is 8.92. The van der Waals surface area contributed by atoms with Crippen LogP contribution in [0.3, 0.4) is 0 Å². The van der Waals surface area contributed by atoms with E-state index in [1.54, 1.807) is 0 Å². The van der Waals surface area contributed by atoms with Gasteiger partial charge >= 0.3 is 0 Å². The molecule has 1 heteroatoms. The third-order valence-electron chi connectivity index (χ3n) is 3.37. The fourth-order valence-electron chi connectivity index (χ4n) is 2.44. The normalized spacial score (nSPS) is 17.5. The quantitative estimate of drug-likeness (QED) is 0.708. The van der Waals surface area contributed by atoms with Gasteiger partial charge < -0.3 is 5.73 Å². The summed E-state index contributed by atoms with van der Waals surface area (Å²) in [7, 11) is 0. The topological polar surface area (TPSA) is 26.0 Å². The van der Waals surface area contributed by atoms with Crippen LogP contribution in [0.25, 0.3) is 0 Å². The fraction of sp³-hybridized carbons (Fsp3) is 0.538. The van der Waals surface area contributed by atoms with Crippen molar-refractivity contribution in [2.75, 3.05) is 5.73 Å². The molecule has 1 aliphatic rings. The van der Waals surface area contributed by atoms with Crippen molar-refractivity contribution >= 4 is 5.69 Å². The van der Waals surface area contributed by atoms with Crippen LogP contribution in [0, 0.1) is 0 Å². The molecule has 1 fully saturated rings. The van der Waals surface area contributed by atoms with Gasteiger partial charge in [0, 0.05) is 5.69 Å². The lowest BCUT2D eigenvalue weighted by atomic mass is 9.95. The Morgan fingerprint density at radius 2 is 2.00 bits per heavy atom. The maximum absolute atomic E-state index is 5.90. The molecule has 1 saturated carbocycles. The van der Waals surface area contributed by atoms with Gasteiger partial charge in [0.1, 0.15) is 0 Å². The minimum absolute atomic E-state index is 0.806. The first-order valence-electron chi connectivity index (χ1n) is 5.69. The number of hydrogen-bond acceptors (Lipinski definition) is 1. The summed E-state index contributed by atoms with van der Waals surface area (Å²) in [6.07, 6.45) is 6.58. The summed E-state index contributed by atoms with van der Waals surface area (Å²) in [6.45, 7) is 2.17.